The first kappa shape index (κ1) is 16.3. The summed E-state index contributed by atoms with van der Waals surface area (Å²) in [5.41, 5.74) is 0.668. The number of nitrogens with zero attached hydrogens (tertiary/aromatic N) is 1. The second-order valence-corrected chi connectivity index (χ2v) is 5.79. The van der Waals surface area contributed by atoms with E-state index in [9.17, 15) is 14.0 Å². The van der Waals surface area contributed by atoms with Gasteiger partial charge in [-0.25, -0.2) is 9.18 Å². The zero-order valence-corrected chi connectivity index (χ0v) is 13.4. The molecule has 7 heteroatoms. The van der Waals surface area contributed by atoms with Crippen molar-refractivity contribution in [3.05, 3.63) is 64.9 Å². The van der Waals surface area contributed by atoms with E-state index in [2.05, 4.69) is 10.6 Å². The van der Waals surface area contributed by atoms with Crippen molar-refractivity contribution in [1.82, 2.24) is 10.2 Å². The summed E-state index contributed by atoms with van der Waals surface area (Å²) in [5, 5.41) is 5.84. The molecule has 3 amide bonds. The topological polar surface area (TPSA) is 61.4 Å². The van der Waals surface area contributed by atoms with Crippen molar-refractivity contribution in [1.29, 1.82) is 0 Å². The molecule has 1 unspecified atom stereocenters. The molecule has 124 valence electrons. The third-order valence-corrected chi connectivity index (χ3v) is 3.98. The van der Waals surface area contributed by atoms with Crippen molar-refractivity contribution < 1.29 is 14.0 Å². The summed E-state index contributed by atoms with van der Waals surface area (Å²) in [6.07, 6.45) is 0. The second kappa shape index (κ2) is 6.88. The van der Waals surface area contributed by atoms with Gasteiger partial charge in [0.2, 0.25) is 5.91 Å². The van der Waals surface area contributed by atoms with Gasteiger partial charge in [-0.05, 0) is 24.3 Å². The monoisotopic (exact) mass is 347 g/mol. The number of carbonyl (C=O) groups is 2. The van der Waals surface area contributed by atoms with Crippen molar-refractivity contribution >= 4 is 29.2 Å². The maximum atomic E-state index is 14.1. The average molecular weight is 348 g/mol. The molecule has 0 aliphatic carbocycles. The Balaban J connectivity index is 1.87. The van der Waals surface area contributed by atoms with E-state index in [1.807, 2.05) is 0 Å². The quantitative estimate of drug-likeness (QED) is 0.876. The van der Waals surface area contributed by atoms with Crippen LogP contribution in [0, 0.1) is 5.82 Å². The van der Waals surface area contributed by atoms with Crippen LogP contribution in [-0.2, 0) is 4.79 Å². The molecule has 2 aromatic carbocycles. The van der Waals surface area contributed by atoms with Crippen LogP contribution < -0.4 is 10.6 Å². The van der Waals surface area contributed by atoms with E-state index < -0.39 is 23.8 Å². The minimum Gasteiger partial charge on any atom is -0.352 e. The molecule has 1 atom stereocenters. The Labute approximate surface area is 143 Å². The van der Waals surface area contributed by atoms with Gasteiger partial charge in [0.25, 0.3) is 0 Å². The van der Waals surface area contributed by atoms with Gasteiger partial charge >= 0.3 is 6.03 Å². The number of halogens is 2. The van der Waals surface area contributed by atoms with Crippen LogP contribution >= 0.6 is 11.6 Å². The van der Waals surface area contributed by atoms with Gasteiger partial charge in [-0.2, -0.15) is 0 Å². The Bertz CT molecular complexity index is 784. The van der Waals surface area contributed by atoms with E-state index in [-0.39, 0.29) is 12.1 Å². The third-order valence-electron chi connectivity index (χ3n) is 3.75. The number of carbonyl (C=O) groups excluding carboxylic acids is 2. The first-order valence-corrected chi connectivity index (χ1v) is 7.79. The summed E-state index contributed by atoms with van der Waals surface area (Å²) >= 11 is 5.90. The summed E-state index contributed by atoms with van der Waals surface area (Å²) in [4.78, 5) is 26.2. The molecule has 1 fully saturated rings. The lowest BCUT2D eigenvalue weighted by atomic mass is 10.0. The van der Waals surface area contributed by atoms with E-state index >= 15 is 0 Å². The minimum atomic E-state index is -1.01. The number of hydrogen-bond donors (Lipinski definition) is 2. The highest BCUT2D eigenvalue weighted by Crippen LogP contribution is 2.26. The fourth-order valence-corrected chi connectivity index (χ4v) is 2.84. The van der Waals surface area contributed by atoms with Crippen LogP contribution in [0.5, 0.6) is 0 Å². The van der Waals surface area contributed by atoms with Crippen LogP contribution in [0.25, 0.3) is 0 Å². The van der Waals surface area contributed by atoms with Crippen molar-refractivity contribution in [2.75, 3.05) is 18.4 Å². The summed E-state index contributed by atoms with van der Waals surface area (Å²) in [6.45, 7) is 0.587. The van der Waals surface area contributed by atoms with Crippen LogP contribution in [0.1, 0.15) is 11.6 Å². The lowest BCUT2D eigenvalue weighted by Crippen LogP contribution is -2.53. The summed E-state index contributed by atoms with van der Waals surface area (Å²) in [7, 11) is 0. The van der Waals surface area contributed by atoms with E-state index in [4.69, 9.17) is 11.6 Å². The van der Waals surface area contributed by atoms with Crippen molar-refractivity contribution in [3.63, 3.8) is 0 Å². The Kier molecular flexibility index (Phi) is 4.66. The highest BCUT2D eigenvalue weighted by atomic mass is 35.5. The van der Waals surface area contributed by atoms with E-state index in [0.717, 1.165) is 0 Å². The highest BCUT2D eigenvalue weighted by molar-refractivity contribution is 6.30. The lowest BCUT2D eigenvalue weighted by molar-refractivity contribution is -0.127. The molecule has 1 aliphatic heterocycles. The lowest BCUT2D eigenvalue weighted by Gasteiger charge is -2.35. The molecular weight excluding hydrogens is 333 g/mol. The van der Waals surface area contributed by atoms with Crippen LogP contribution in [0.4, 0.5) is 14.9 Å². The number of anilines is 1. The van der Waals surface area contributed by atoms with Gasteiger partial charge < -0.3 is 15.5 Å². The maximum Gasteiger partial charge on any atom is 0.322 e. The molecule has 0 bridgehead atoms. The molecule has 0 saturated carbocycles. The van der Waals surface area contributed by atoms with Crippen LogP contribution in [0.3, 0.4) is 0 Å². The van der Waals surface area contributed by atoms with Gasteiger partial charge in [0.15, 0.2) is 0 Å². The molecule has 1 heterocycles. The first-order chi connectivity index (χ1) is 11.6. The Hall–Kier alpha value is -2.60. The molecule has 2 N–H and O–H groups in total. The smallest absolute Gasteiger partial charge is 0.322 e. The molecule has 0 aromatic heterocycles. The van der Waals surface area contributed by atoms with Crippen molar-refractivity contribution in [2.45, 2.75) is 6.04 Å². The van der Waals surface area contributed by atoms with Gasteiger partial charge in [0.1, 0.15) is 11.9 Å². The number of nitrogens with one attached hydrogen (secondary N) is 2. The predicted molar refractivity (Wildman–Crippen MR) is 89.3 cm³/mol. The van der Waals surface area contributed by atoms with E-state index in [1.54, 1.807) is 30.3 Å². The van der Waals surface area contributed by atoms with Gasteiger partial charge in [-0.15, -0.1) is 0 Å². The Morgan fingerprint density at radius 3 is 2.79 bits per heavy atom. The van der Waals surface area contributed by atoms with Gasteiger partial charge in [-0.3, -0.25) is 4.79 Å². The number of benzene rings is 2. The molecule has 2 aromatic rings. The van der Waals surface area contributed by atoms with Crippen molar-refractivity contribution in [2.24, 2.45) is 0 Å². The highest BCUT2D eigenvalue weighted by Gasteiger charge is 2.36. The molecule has 1 saturated heterocycles. The fraction of sp³-hybridized carbons (Fsp3) is 0.176. The molecule has 1 aliphatic rings. The van der Waals surface area contributed by atoms with Crippen LogP contribution in [0.2, 0.25) is 5.02 Å². The number of hydrogen-bond acceptors (Lipinski definition) is 2. The molecular formula is C17H15ClFN3O2. The Morgan fingerprint density at radius 2 is 2.04 bits per heavy atom. The SMILES string of the molecule is O=C1NCCN(C(=O)Nc2cccc(Cl)c2)C1c1ccccc1F. The van der Waals surface area contributed by atoms with Crippen molar-refractivity contribution in [3.8, 4) is 0 Å². The van der Waals surface area contributed by atoms with E-state index in [0.29, 0.717) is 17.3 Å². The second-order valence-electron chi connectivity index (χ2n) is 5.35. The summed E-state index contributed by atoms with van der Waals surface area (Å²) in [5.74, 6) is -0.937. The number of urea groups is 1. The third kappa shape index (κ3) is 3.33. The molecule has 24 heavy (non-hydrogen) atoms. The summed E-state index contributed by atoms with van der Waals surface area (Å²) in [6, 6.07) is 11.1. The Morgan fingerprint density at radius 1 is 1.25 bits per heavy atom. The van der Waals surface area contributed by atoms with Crippen LogP contribution in [0.15, 0.2) is 48.5 Å². The number of rotatable bonds is 2. The molecule has 0 radical (unpaired) electrons. The zero-order chi connectivity index (χ0) is 17.1. The molecule has 0 spiro atoms. The minimum absolute atomic E-state index is 0.163. The van der Waals surface area contributed by atoms with Gasteiger partial charge in [-0.1, -0.05) is 35.9 Å². The zero-order valence-electron chi connectivity index (χ0n) is 12.6. The van der Waals surface area contributed by atoms with Gasteiger partial charge in [0.05, 0.1) is 0 Å². The largest absolute Gasteiger partial charge is 0.352 e. The standard InChI is InChI=1S/C17H15ClFN3O2/c18-11-4-3-5-12(10-11)21-17(24)22-9-8-20-16(23)15(22)13-6-1-2-7-14(13)19/h1-7,10,15H,8-9H2,(H,20,23)(H,21,24). The predicted octanol–water partition coefficient (Wildman–Crippen LogP) is 3.18. The number of amides is 3. The maximum absolute atomic E-state index is 14.1. The molecule has 5 nitrogen and oxygen atoms in total. The van der Waals surface area contributed by atoms with E-state index in [1.165, 1.54) is 23.1 Å². The fourth-order valence-electron chi connectivity index (χ4n) is 2.65. The average Bonchev–Trinajstić information content (AvgIpc) is 2.55. The molecule has 3 rings (SSSR count). The number of piperazine rings is 1. The first-order valence-electron chi connectivity index (χ1n) is 7.41. The van der Waals surface area contributed by atoms with Gasteiger partial charge in [0, 0.05) is 29.4 Å². The van der Waals surface area contributed by atoms with Crippen LogP contribution in [-0.4, -0.2) is 29.9 Å². The summed E-state index contributed by atoms with van der Waals surface area (Å²) < 4.78 is 14.1. The normalized spacial score (nSPS) is 17.3.